The number of nitrogens with two attached hydrogens (primary N) is 1. The normalized spacial score (nSPS) is 11.2. The highest BCUT2D eigenvalue weighted by molar-refractivity contribution is 6.30. The molecule has 0 radical (unpaired) electrons. The van der Waals surface area contributed by atoms with Crippen molar-refractivity contribution in [3.63, 3.8) is 0 Å². The molecule has 0 bridgehead atoms. The number of anilines is 3. The lowest BCUT2D eigenvalue weighted by Gasteiger charge is -2.15. The SMILES string of the molecule is NNc1cc(Nc2ccc(Cl)cc2C(F)(F)F)ccn1. The minimum Gasteiger partial charge on any atom is -0.355 e. The second-order valence-electron chi connectivity index (χ2n) is 3.89. The van der Waals surface area contributed by atoms with Gasteiger partial charge < -0.3 is 10.7 Å². The molecule has 1 aromatic heterocycles. The van der Waals surface area contributed by atoms with Gasteiger partial charge in [0.15, 0.2) is 0 Å². The maximum absolute atomic E-state index is 12.9. The van der Waals surface area contributed by atoms with Crippen LogP contribution in [0.4, 0.5) is 30.4 Å². The molecule has 20 heavy (non-hydrogen) atoms. The van der Waals surface area contributed by atoms with Gasteiger partial charge in [-0.05, 0) is 24.3 Å². The molecule has 8 heteroatoms. The minimum absolute atomic E-state index is 0.0157. The van der Waals surface area contributed by atoms with E-state index < -0.39 is 11.7 Å². The predicted molar refractivity (Wildman–Crippen MR) is 71.8 cm³/mol. The van der Waals surface area contributed by atoms with Gasteiger partial charge in [0.05, 0.1) is 11.3 Å². The van der Waals surface area contributed by atoms with E-state index in [1.807, 2.05) is 0 Å². The molecule has 1 aromatic carbocycles. The quantitative estimate of drug-likeness (QED) is 0.596. The molecule has 0 saturated heterocycles. The summed E-state index contributed by atoms with van der Waals surface area (Å²) in [5.41, 5.74) is 1.79. The summed E-state index contributed by atoms with van der Waals surface area (Å²) in [4.78, 5) is 3.87. The number of halogens is 4. The topological polar surface area (TPSA) is 63.0 Å². The molecule has 4 nitrogen and oxygen atoms in total. The van der Waals surface area contributed by atoms with Gasteiger partial charge in [-0.3, -0.25) is 0 Å². The van der Waals surface area contributed by atoms with Gasteiger partial charge in [0.25, 0.3) is 0 Å². The van der Waals surface area contributed by atoms with Gasteiger partial charge in [0.1, 0.15) is 5.82 Å². The van der Waals surface area contributed by atoms with Crippen LogP contribution in [-0.4, -0.2) is 4.98 Å². The van der Waals surface area contributed by atoms with E-state index in [0.717, 1.165) is 6.07 Å². The number of nitrogen functional groups attached to an aromatic ring is 1. The molecule has 0 amide bonds. The van der Waals surface area contributed by atoms with Gasteiger partial charge in [0.2, 0.25) is 0 Å². The van der Waals surface area contributed by atoms with Crippen molar-refractivity contribution >= 4 is 28.8 Å². The Morgan fingerprint density at radius 2 is 1.90 bits per heavy atom. The maximum Gasteiger partial charge on any atom is 0.418 e. The Bertz CT molecular complexity index is 616. The second-order valence-corrected chi connectivity index (χ2v) is 4.32. The summed E-state index contributed by atoms with van der Waals surface area (Å²) in [6.07, 6.45) is -3.09. The van der Waals surface area contributed by atoms with Crippen LogP contribution in [0.15, 0.2) is 36.5 Å². The number of nitrogens with one attached hydrogen (secondary N) is 2. The Morgan fingerprint density at radius 3 is 2.55 bits per heavy atom. The van der Waals surface area contributed by atoms with Crippen molar-refractivity contribution < 1.29 is 13.2 Å². The van der Waals surface area contributed by atoms with Crippen LogP contribution in [0, 0.1) is 0 Å². The fraction of sp³-hybridized carbons (Fsp3) is 0.0833. The molecule has 2 rings (SSSR count). The van der Waals surface area contributed by atoms with Crippen LogP contribution in [0.2, 0.25) is 5.02 Å². The lowest BCUT2D eigenvalue weighted by molar-refractivity contribution is -0.136. The van der Waals surface area contributed by atoms with Crippen LogP contribution in [-0.2, 0) is 6.18 Å². The third-order valence-corrected chi connectivity index (χ3v) is 2.71. The standard InChI is InChI=1S/C12H10ClF3N4/c13-7-1-2-10(9(5-7)12(14,15)16)19-8-3-4-18-11(6-8)20-17/h1-6H,17H2,(H2,18,19,20). The number of rotatable bonds is 3. The largest absolute Gasteiger partial charge is 0.418 e. The molecule has 0 fully saturated rings. The first-order valence-corrected chi connectivity index (χ1v) is 5.84. The molecular formula is C12H10ClF3N4. The van der Waals surface area contributed by atoms with Crippen molar-refractivity contribution in [1.29, 1.82) is 0 Å². The van der Waals surface area contributed by atoms with Gasteiger partial charge in [-0.2, -0.15) is 13.2 Å². The molecule has 0 aliphatic carbocycles. The third kappa shape index (κ3) is 3.31. The van der Waals surface area contributed by atoms with Gasteiger partial charge >= 0.3 is 6.18 Å². The zero-order valence-corrected chi connectivity index (χ0v) is 10.8. The number of nitrogens with zero attached hydrogens (tertiary/aromatic N) is 1. The summed E-state index contributed by atoms with van der Waals surface area (Å²) in [5.74, 6) is 5.52. The molecule has 0 aliphatic heterocycles. The van der Waals surface area contributed by atoms with Crippen LogP contribution in [0.1, 0.15) is 5.56 Å². The number of pyridine rings is 1. The van der Waals surface area contributed by atoms with E-state index in [2.05, 4.69) is 15.7 Å². The maximum atomic E-state index is 12.9. The summed E-state index contributed by atoms with van der Waals surface area (Å²) in [5, 5.41) is 2.68. The first-order valence-electron chi connectivity index (χ1n) is 5.46. The van der Waals surface area contributed by atoms with E-state index in [1.165, 1.54) is 30.5 Å². The number of benzene rings is 1. The van der Waals surface area contributed by atoms with E-state index in [-0.39, 0.29) is 10.7 Å². The average Bonchev–Trinajstić information content (AvgIpc) is 2.40. The third-order valence-electron chi connectivity index (χ3n) is 2.47. The first-order chi connectivity index (χ1) is 9.40. The highest BCUT2D eigenvalue weighted by Gasteiger charge is 2.33. The molecule has 0 saturated carbocycles. The summed E-state index contributed by atoms with van der Waals surface area (Å²) in [6.45, 7) is 0. The fourth-order valence-electron chi connectivity index (χ4n) is 1.60. The van der Waals surface area contributed by atoms with Crippen molar-refractivity contribution in [2.24, 2.45) is 5.84 Å². The van der Waals surface area contributed by atoms with Crippen LogP contribution < -0.4 is 16.6 Å². The van der Waals surface area contributed by atoms with Crippen molar-refractivity contribution in [1.82, 2.24) is 4.98 Å². The molecular weight excluding hydrogens is 293 g/mol. The van der Waals surface area contributed by atoms with Crippen LogP contribution in [0.3, 0.4) is 0 Å². The van der Waals surface area contributed by atoms with E-state index >= 15 is 0 Å². The number of alkyl halides is 3. The van der Waals surface area contributed by atoms with Crippen molar-refractivity contribution in [2.45, 2.75) is 6.18 Å². The van der Waals surface area contributed by atoms with Gasteiger partial charge in [0, 0.05) is 23.0 Å². The van der Waals surface area contributed by atoms with E-state index in [0.29, 0.717) is 11.5 Å². The van der Waals surface area contributed by atoms with E-state index in [9.17, 15) is 13.2 Å². The molecule has 0 aliphatic rings. The average molecular weight is 303 g/mol. The number of hydrazine groups is 1. The zero-order chi connectivity index (χ0) is 14.8. The monoisotopic (exact) mass is 302 g/mol. The first kappa shape index (κ1) is 14.4. The molecule has 0 unspecified atom stereocenters. The molecule has 0 atom stereocenters. The van der Waals surface area contributed by atoms with Crippen molar-refractivity contribution in [3.05, 3.63) is 47.1 Å². The molecule has 4 N–H and O–H groups in total. The lowest BCUT2D eigenvalue weighted by Crippen LogP contribution is -2.10. The number of hydrogen-bond acceptors (Lipinski definition) is 4. The lowest BCUT2D eigenvalue weighted by atomic mass is 10.1. The van der Waals surface area contributed by atoms with Gasteiger partial charge in [-0.25, -0.2) is 10.8 Å². The fourth-order valence-corrected chi connectivity index (χ4v) is 1.77. The van der Waals surface area contributed by atoms with Crippen molar-refractivity contribution in [3.8, 4) is 0 Å². The predicted octanol–water partition coefficient (Wildman–Crippen LogP) is 3.78. The van der Waals surface area contributed by atoms with Crippen LogP contribution in [0.5, 0.6) is 0 Å². The van der Waals surface area contributed by atoms with Gasteiger partial charge in [-0.1, -0.05) is 11.6 Å². The van der Waals surface area contributed by atoms with E-state index in [1.54, 1.807) is 0 Å². The Kier molecular flexibility index (Phi) is 4.01. The van der Waals surface area contributed by atoms with Crippen LogP contribution >= 0.6 is 11.6 Å². The van der Waals surface area contributed by atoms with Crippen LogP contribution in [0.25, 0.3) is 0 Å². The second kappa shape index (κ2) is 5.56. The Balaban J connectivity index is 2.38. The zero-order valence-electron chi connectivity index (χ0n) is 10.0. The summed E-state index contributed by atoms with van der Waals surface area (Å²) < 4.78 is 38.8. The Hall–Kier alpha value is -1.99. The minimum atomic E-state index is -4.50. The number of hydrogen-bond donors (Lipinski definition) is 3. The summed E-state index contributed by atoms with van der Waals surface area (Å²) >= 11 is 5.61. The highest BCUT2D eigenvalue weighted by Crippen LogP contribution is 2.37. The Labute approximate surface area is 117 Å². The van der Waals surface area contributed by atoms with E-state index in [4.69, 9.17) is 17.4 Å². The highest BCUT2D eigenvalue weighted by atomic mass is 35.5. The van der Waals surface area contributed by atoms with Crippen molar-refractivity contribution in [2.75, 3.05) is 10.7 Å². The Morgan fingerprint density at radius 1 is 1.15 bits per heavy atom. The molecule has 1 heterocycles. The molecule has 2 aromatic rings. The summed E-state index contributed by atoms with van der Waals surface area (Å²) in [7, 11) is 0. The molecule has 0 spiro atoms. The summed E-state index contributed by atoms with van der Waals surface area (Å²) in [6, 6.07) is 6.51. The molecule has 106 valence electrons. The van der Waals surface area contributed by atoms with Gasteiger partial charge in [-0.15, -0.1) is 0 Å². The number of aromatic nitrogens is 1. The smallest absolute Gasteiger partial charge is 0.355 e.